The average molecular weight is 276 g/mol. The molecule has 3 rings (SSSR count). The fourth-order valence-corrected chi connectivity index (χ4v) is 2.42. The van der Waals surface area contributed by atoms with Gasteiger partial charge in [0.2, 0.25) is 5.76 Å². The number of aliphatic hydroxyl groups is 1. The number of hydrogen-bond donors (Lipinski definition) is 2. The van der Waals surface area contributed by atoms with Crippen molar-refractivity contribution in [3.63, 3.8) is 0 Å². The molecule has 1 aliphatic carbocycles. The summed E-state index contributed by atoms with van der Waals surface area (Å²) in [6.07, 6.45) is 3.58. The van der Waals surface area contributed by atoms with Crippen LogP contribution in [0, 0.1) is 13.8 Å². The van der Waals surface area contributed by atoms with E-state index in [0.29, 0.717) is 12.1 Å². The number of aliphatic hydroxyl groups excluding tert-OH is 1. The Bertz CT molecular complexity index is 633. The highest BCUT2D eigenvalue weighted by Gasteiger charge is 2.43. The van der Waals surface area contributed by atoms with Crippen molar-refractivity contribution in [3.8, 4) is 0 Å². The molecule has 3 atom stereocenters. The predicted octanol–water partition coefficient (Wildman–Crippen LogP) is 0.592. The molecule has 2 heterocycles. The second-order valence-corrected chi connectivity index (χ2v) is 5.20. The molecule has 1 amide bonds. The van der Waals surface area contributed by atoms with Crippen molar-refractivity contribution in [1.29, 1.82) is 0 Å². The maximum atomic E-state index is 12.0. The Balaban J connectivity index is 1.70. The summed E-state index contributed by atoms with van der Waals surface area (Å²) >= 11 is 0. The van der Waals surface area contributed by atoms with Crippen LogP contribution in [0.3, 0.4) is 0 Å². The van der Waals surface area contributed by atoms with E-state index in [4.69, 9.17) is 4.52 Å². The van der Waals surface area contributed by atoms with Gasteiger partial charge >= 0.3 is 0 Å². The van der Waals surface area contributed by atoms with E-state index >= 15 is 0 Å². The third-order valence-corrected chi connectivity index (χ3v) is 3.51. The van der Waals surface area contributed by atoms with Gasteiger partial charge < -0.3 is 14.9 Å². The maximum absolute atomic E-state index is 12.0. The number of aryl methyl sites for hydroxylation is 2. The van der Waals surface area contributed by atoms with Crippen molar-refractivity contribution in [1.82, 2.24) is 20.3 Å². The molecule has 2 aromatic heterocycles. The fourth-order valence-electron chi connectivity index (χ4n) is 2.42. The zero-order valence-corrected chi connectivity index (χ0v) is 11.3. The molecular weight excluding hydrogens is 260 g/mol. The van der Waals surface area contributed by atoms with Crippen LogP contribution < -0.4 is 5.32 Å². The summed E-state index contributed by atoms with van der Waals surface area (Å²) in [4.78, 5) is 12.0. The maximum Gasteiger partial charge on any atom is 0.290 e. The number of nitrogens with one attached hydrogen (secondary N) is 1. The van der Waals surface area contributed by atoms with E-state index in [9.17, 15) is 9.90 Å². The first-order valence-electron chi connectivity index (χ1n) is 6.47. The van der Waals surface area contributed by atoms with Crippen LogP contribution in [0.2, 0.25) is 0 Å². The second-order valence-electron chi connectivity index (χ2n) is 5.20. The van der Waals surface area contributed by atoms with E-state index in [1.54, 1.807) is 23.9 Å². The van der Waals surface area contributed by atoms with Crippen molar-refractivity contribution in [2.45, 2.75) is 38.5 Å². The van der Waals surface area contributed by atoms with Gasteiger partial charge in [0, 0.05) is 12.3 Å². The summed E-state index contributed by atoms with van der Waals surface area (Å²) in [6, 6.07) is 1.18. The molecule has 0 aliphatic heterocycles. The number of aromatic nitrogens is 3. The summed E-state index contributed by atoms with van der Waals surface area (Å²) < 4.78 is 6.62. The van der Waals surface area contributed by atoms with E-state index in [1.165, 1.54) is 0 Å². The first-order valence-corrected chi connectivity index (χ1v) is 6.47. The molecule has 2 N–H and O–H groups in total. The molecule has 7 heteroatoms. The van der Waals surface area contributed by atoms with Gasteiger partial charge in [-0.05, 0) is 25.8 Å². The SMILES string of the molecule is Cc1cnn([C@H]2[C@H](O)C[C@@H]2NC(=O)c2cc(C)no2)c1. The fraction of sp³-hybridized carbons (Fsp3) is 0.462. The van der Waals surface area contributed by atoms with Crippen LogP contribution in [0.1, 0.15) is 34.3 Å². The second kappa shape index (κ2) is 4.75. The zero-order valence-electron chi connectivity index (χ0n) is 11.3. The van der Waals surface area contributed by atoms with Crippen molar-refractivity contribution >= 4 is 5.91 Å². The molecule has 1 aliphatic rings. The summed E-state index contributed by atoms with van der Waals surface area (Å²) in [7, 11) is 0. The molecule has 1 saturated carbocycles. The molecule has 0 radical (unpaired) electrons. The molecule has 1 fully saturated rings. The normalized spacial score (nSPS) is 25.2. The van der Waals surface area contributed by atoms with Gasteiger partial charge in [0.05, 0.1) is 30.1 Å². The van der Waals surface area contributed by atoms with Gasteiger partial charge in [-0.2, -0.15) is 5.10 Å². The Morgan fingerprint density at radius 3 is 2.90 bits per heavy atom. The van der Waals surface area contributed by atoms with Gasteiger partial charge in [-0.1, -0.05) is 5.16 Å². The van der Waals surface area contributed by atoms with Crippen LogP contribution in [0.5, 0.6) is 0 Å². The van der Waals surface area contributed by atoms with Gasteiger partial charge in [-0.15, -0.1) is 0 Å². The summed E-state index contributed by atoms with van der Waals surface area (Å²) in [5.41, 5.74) is 1.67. The quantitative estimate of drug-likeness (QED) is 0.856. The lowest BCUT2D eigenvalue weighted by molar-refractivity contribution is -0.00634. The molecule has 0 bridgehead atoms. The van der Waals surface area contributed by atoms with Gasteiger partial charge in [0.25, 0.3) is 5.91 Å². The number of nitrogens with zero attached hydrogens (tertiary/aromatic N) is 3. The number of carbonyl (C=O) groups excluding carboxylic acids is 1. The molecular formula is C13H16N4O3. The molecule has 0 aromatic carbocycles. The third-order valence-electron chi connectivity index (χ3n) is 3.51. The van der Waals surface area contributed by atoms with Gasteiger partial charge in [-0.25, -0.2) is 0 Å². The third kappa shape index (κ3) is 2.20. The Kier molecular flexibility index (Phi) is 3.06. The van der Waals surface area contributed by atoms with Crippen molar-refractivity contribution in [2.75, 3.05) is 0 Å². The number of rotatable bonds is 3. The Hall–Kier alpha value is -2.15. The Morgan fingerprint density at radius 1 is 1.55 bits per heavy atom. The van der Waals surface area contributed by atoms with Crippen LogP contribution in [0.25, 0.3) is 0 Å². The van der Waals surface area contributed by atoms with E-state index in [1.807, 2.05) is 13.1 Å². The monoisotopic (exact) mass is 276 g/mol. The first-order chi connectivity index (χ1) is 9.54. The molecule has 7 nitrogen and oxygen atoms in total. The number of hydrogen-bond acceptors (Lipinski definition) is 5. The molecule has 0 unspecified atom stereocenters. The molecule has 106 valence electrons. The van der Waals surface area contributed by atoms with Gasteiger partial charge in [0.15, 0.2) is 0 Å². The van der Waals surface area contributed by atoms with E-state index in [2.05, 4.69) is 15.6 Å². The molecule has 0 spiro atoms. The summed E-state index contributed by atoms with van der Waals surface area (Å²) in [5.74, 6) is -0.143. The van der Waals surface area contributed by atoms with Crippen LogP contribution in [-0.2, 0) is 0 Å². The van der Waals surface area contributed by atoms with E-state index in [-0.39, 0.29) is 23.8 Å². The standard InChI is InChI=1S/C13H16N4O3/c1-7-5-14-17(6-7)12-9(4-10(12)18)15-13(19)11-3-8(2)16-20-11/h3,5-6,9-10,12,18H,4H2,1-2H3,(H,15,19)/t9-,10+,12+/m0/s1. The largest absolute Gasteiger partial charge is 0.391 e. The van der Waals surface area contributed by atoms with Crippen molar-refractivity contribution in [2.24, 2.45) is 0 Å². The summed E-state index contributed by atoms with van der Waals surface area (Å²) in [6.45, 7) is 3.68. The first kappa shape index (κ1) is 12.9. The highest BCUT2D eigenvalue weighted by molar-refractivity contribution is 5.91. The lowest BCUT2D eigenvalue weighted by Crippen LogP contribution is -2.56. The smallest absolute Gasteiger partial charge is 0.290 e. The van der Waals surface area contributed by atoms with E-state index < -0.39 is 6.10 Å². The Morgan fingerprint density at radius 2 is 2.35 bits per heavy atom. The minimum atomic E-state index is -0.504. The molecule has 2 aromatic rings. The molecule has 0 saturated heterocycles. The van der Waals surface area contributed by atoms with Crippen LogP contribution in [0.15, 0.2) is 23.0 Å². The van der Waals surface area contributed by atoms with Crippen molar-refractivity contribution in [3.05, 3.63) is 35.5 Å². The average Bonchev–Trinajstić information content (AvgIpc) is 2.97. The number of carbonyl (C=O) groups is 1. The highest BCUT2D eigenvalue weighted by Crippen LogP contribution is 2.32. The Labute approximate surface area is 115 Å². The van der Waals surface area contributed by atoms with E-state index in [0.717, 1.165) is 5.56 Å². The topological polar surface area (TPSA) is 93.2 Å². The van der Waals surface area contributed by atoms with Gasteiger partial charge in [-0.3, -0.25) is 9.48 Å². The van der Waals surface area contributed by atoms with Crippen molar-refractivity contribution < 1.29 is 14.4 Å². The van der Waals surface area contributed by atoms with Crippen LogP contribution in [-0.4, -0.2) is 38.1 Å². The predicted molar refractivity (Wildman–Crippen MR) is 69.1 cm³/mol. The lowest BCUT2D eigenvalue weighted by Gasteiger charge is -2.41. The van der Waals surface area contributed by atoms with Gasteiger partial charge in [0.1, 0.15) is 0 Å². The summed E-state index contributed by atoms with van der Waals surface area (Å²) in [5, 5.41) is 20.6. The van der Waals surface area contributed by atoms with Crippen LogP contribution in [0.4, 0.5) is 0 Å². The highest BCUT2D eigenvalue weighted by atomic mass is 16.5. The molecule has 20 heavy (non-hydrogen) atoms. The lowest BCUT2D eigenvalue weighted by atomic mass is 9.83. The minimum absolute atomic E-state index is 0.165. The van der Waals surface area contributed by atoms with Crippen LogP contribution >= 0.6 is 0 Å². The number of amides is 1. The minimum Gasteiger partial charge on any atom is -0.391 e. The zero-order chi connectivity index (χ0) is 14.3.